The molecule has 0 amide bonds. The Bertz CT molecular complexity index is 427. The molecule has 18 heavy (non-hydrogen) atoms. The van der Waals surface area contributed by atoms with E-state index in [1.165, 1.54) is 4.91 Å². The third kappa shape index (κ3) is 4.23. The second kappa shape index (κ2) is 7.28. The number of nitrogens with two attached hydrogens (primary N) is 1. The molecule has 0 aliphatic carbocycles. The monoisotopic (exact) mass is 284 g/mol. The molecule has 1 aromatic rings. The average molecular weight is 285 g/mol. The van der Waals surface area contributed by atoms with Crippen molar-refractivity contribution in [2.45, 2.75) is 13.8 Å². The van der Waals surface area contributed by atoms with E-state index in [0.29, 0.717) is 5.15 Å². The van der Waals surface area contributed by atoms with Gasteiger partial charge in [-0.25, -0.2) is 4.98 Å². The van der Waals surface area contributed by atoms with Crippen LogP contribution in [0.4, 0.5) is 11.8 Å². The molecule has 6 heteroatoms. The van der Waals surface area contributed by atoms with Crippen LogP contribution in [0.1, 0.15) is 13.8 Å². The number of halogens is 1. The van der Waals surface area contributed by atoms with E-state index in [1.54, 1.807) is 17.8 Å². The standard InChI is InChI=1S/C12H17ClN4S/c1-4-9(18-6-3)8-17(5-2)11-7-10(13)15-12(14)16-11/h4,6-7H,3,5,8H2,1-2H3,(H2,14,15,16)/b9-4-. The van der Waals surface area contributed by atoms with E-state index in [-0.39, 0.29) is 5.95 Å². The lowest BCUT2D eigenvalue weighted by Crippen LogP contribution is -2.26. The largest absolute Gasteiger partial charge is 0.368 e. The van der Waals surface area contributed by atoms with Crippen molar-refractivity contribution in [2.75, 3.05) is 23.7 Å². The van der Waals surface area contributed by atoms with Gasteiger partial charge in [-0.05, 0) is 19.3 Å². The predicted octanol–water partition coefficient (Wildman–Crippen LogP) is 3.32. The highest BCUT2D eigenvalue weighted by molar-refractivity contribution is 8.05. The maximum absolute atomic E-state index is 5.89. The second-order valence-electron chi connectivity index (χ2n) is 3.46. The zero-order chi connectivity index (χ0) is 13.5. The summed E-state index contributed by atoms with van der Waals surface area (Å²) in [6.45, 7) is 9.33. The number of aromatic nitrogens is 2. The first-order chi connectivity index (χ1) is 8.60. The van der Waals surface area contributed by atoms with Crippen LogP contribution < -0.4 is 10.6 Å². The summed E-state index contributed by atoms with van der Waals surface area (Å²) in [6, 6.07) is 1.72. The van der Waals surface area contributed by atoms with E-state index in [0.717, 1.165) is 18.9 Å². The van der Waals surface area contributed by atoms with Crippen LogP contribution in [-0.4, -0.2) is 23.1 Å². The minimum atomic E-state index is 0.189. The number of rotatable bonds is 6. The molecule has 1 heterocycles. The molecule has 0 aromatic carbocycles. The molecule has 0 aliphatic heterocycles. The topological polar surface area (TPSA) is 55.0 Å². The molecular formula is C12H17ClN4S. The Morgan fingerprint density at radius 2 is 2.33 bits per heavy atom. The Labute approximate surface area is 117 Å². The fourth-order valence-corrected chi connectivity index (χ4v) is 2.20. The van der Waals surface area contributed by atoms with Crippen molar-refractivity contribution in [1.82, 2.24) is 9.97 Å². The Morgan fingerprint density at radius 3 is 2.83 bits per heavy atom. The molecule has 2 N–H and O–H groups in total. The smallest absolute Gasteiger partial charge is 0.223 e. The van der Waals surface area contributed by atoms with Crippen LogP contribution in [0.3, 0.4) is 0 Å². The summed E-state index contributed by atoms with van der Waals surface area (Å²) in [4.78, 5) is 11.3. The first-order valence-corrected chi connectivity index (χ1v) is 6.84. The van der Waals surface area contributed by atoms with Crippen molar-refractivity contribution in [3.05, 3.63) is 34.2 Å². The fourth-order valence-electron chi connectivity index (χ4n) is 1.43. The highest BCUT2D eigenvalue weighted by Gasteiger charge is 2.10. The van der Waals surface area contributed by atoms with Gasteiger partial charge in [-0.15, -0.1) is 11.8 Å². The van der Waals surface area contributed by atoms with Crippen LogP contribution >= 0.6 is 23.4 Å². The molecule has 98 valence electrons. The normalized spacial score (nSPS) is 11.4. The van der Waals surface area contributed by atoms with E-state index in [1.807, 2.05) is 12.3 Å². The molecule has 0 saturated heterocycles. The Morgan fingerprint density at radius 1 is 1.61 bits per heavy atom. The van der Waals surface area contributed by atoms with E-state index in [9.17, 15) is 0 Å². The lowest BCUT2D eigenvalue weighted by Gasteiger charge is -2.23. The van der Waals surface area contributed by atoms with Crippen molar-refractivity contribution in [2.24, 2.45) is 0 Å². The summed E-state index contributed by atoms with van der Waals surface area (Å²) in [6.07, 6.45) is 2.06. The van der Waals surface area contributed by atoms with Gasteiger partial charge in [0, 0.05) is 17.5 Å². The maximum Gasteiger partial charge on any atom is 0.223 e. The number of anilines is 2. The van der Waals surface area contributed by atoms with Gasteiger partial charge in [0.25, 0.3) is 0 Å². The molecule has 0 fully saturated rings. The zero-order valence-electron chi connectivity index (χ0n) is 10.6. The van der Waals surface area contributed by atoms with E-state index >= 15 is 0 Å². The summed E-state index contributed by atoms with van der Waals surface area (Å²) in [7, 11) is 0. The SMILES string of the molecule is C=CS/C(=C\C)CN(CC)c1cc(Cl)nc(N)n1. The molecule has 0 radical (unpaired) electrons. The summed E-state index contributed by atoms with van der Waals surface area (Å²) in [5.41, 5.74) is 5.60. The second-order valence-corrected chi connectivity index (χ2v) is 4.94. The van der Waals surface area contributed by atoms with Crippen LogP contribution in [0.15, 0.2) is 29.0 Å². The lowest BCUT2D eigenvalue weighted by atomic mass is 10.4. The molecule has 0 aliphatic rings. The quantitative estimate of drug-likeness (QED) is 0.812. The Hall–Kier alpha value is -1.20. The summed E-state index contributed by atoms with van der Waals surface area (Å²) < 4.78 is 0. The third-order valence-electron chi connectivity index (χ3n) is 2.31. The van der Waals surface area contributed by atoms with Gasteiger partial charge in [-0.1, -0.05) is 24.3 Å². The first-order valence-electron chi connectivity index (χ1n) is 5.58. The average Bonchev–Trinajstić information content (AvgIpc) is 2.33. The van der Waals surface area contributed by atoms with Crippen molar-refractivity contribution in [3.63, 3.8) is 0 Å². The highest BCUT2D eigenvalue weighted by Crippen LogP contribution is 2.22. The number of hydrogen-bond acceptors (Lipinski definition) is 5. The van der Waals surface area contributed by atoms with Gasteiger partial charge in [0.15, 0.2) is 0 Å². The first kappa shape index (κ1) is 14.9. The van der Waals surface area contributed by atoms with Crippen molar-refractivity contribution >= 4 is 35.1 Å². The van der Waals surface area contributed by atoms with Gasteiger partial charge in [0.1, 0.15) is 11.0 Å². The molecule has 0 saturated carbocycles. The molecule has 4 nitrogen and oxygen atoms in total. The lowest BCUT2D eigenvalue weighted by molar-refractivity contribution is 0.873. The van der Waals surface area contributed by atoms with Gasteiger partial charge in [-0.3, -0.25) is 0 Å². The van der Waals surface area contributed by atoms with E-state index in [2.05, 4.69) is 34.4 Å². The number of allylic oxidation sites excluding steroid dienone is 1. The number of hydrogen-bond donors (Lipinski definition) is 1. The van der Waals surface area contributed by atoms with Gasteiger partial charge in [0.05, 0.1) is 6.54 Å². The predicted molar refractivity (Wildman–Crippen MR) is 80.9 cm³/mol. The molecule has 1 rings (SSSR count). The van der Waals surface area contributed by atoms with Gasteiger partial charge in [-0.2, -0.15) is 4.98 Å². The summed E-state index contributed by atoms with van der Waals surface area (Å²) in [5, 5.41) is 2.17. The van der Waals surface area contributed by atoms with Crippen LogP contribution in [0.25, 0.3) is 0 Å². The van der Waals surface area contributed by atoms with Gasteiger partial charge >= 0.3 is 0 Å². The van der Waals surface area contributed by atoms with Crippen molar-refractivity contribution in [3.8, 4) is 0 Å². The number of nitrogen functional groups attached to an aromatic ring is 1. The number of thioether (sulfide) groups is 1. The maximum atomic E-state index is 5.89. The van der Waals surface area contributed by atoms with Crippen LogP contribution in [0.5, 0.6) is 0 Å². The molecular weight excluding hydrogens is 268 g/mol. The van der Waals surface area contributed by atoms with E-state index in [4.69, 9.17) is 17.3 Å². The fraction of sp³-hybridized carbons (Fsp3) is 0.333. The summed E-state index contributed by atoms with van der Waals surface area (Å²) >= 11 is 7.49. The molecule has 0 bridgehead atoms. The number of nitrogens with zero attached hydrogens (tertiary/aromatic N) is 3. The van der Waals surface area contributed by atoms with Crippen LogP contribution in [0.2, 0.25) is 5.15 Å². The third-order valence-corrected chi connectivity index (χ3v) is 3.34. The Balaban J connectivity index is 2.91. The zero-order valence-corrected chi connectivity index (χ0v) is 12.1. The van der Waals surface area contributed by atoms with Gasteiger partial charge in [0.2, 0.25) is 5.95 Å². The van der Waals surface area contributed by atoms with Crippen LogP contribution in [-0.2, 0) is 0 Å². The van der Waals surface area contributed by atoms with Crippen LogP contribution in [0, 0.1) is 0 Å². The molecule has 0 unspecified atom stereocenters. The Kier molecular flexibility index (Phi) is 6.01. The molecule has 1 aromatic heterocycles. The minimum Gasteiger partial charge on any atom is -0.368 e. The van der Waals surface area contributed by atoms with Gasteiger partial charge < -0.3 is 10.6 Å². The van der Waals surface area contributed by atoms with Crippen molar-refractivity contribution < 1.29 is 0 Å². The molecule has 0 spiro atoms. The highest BCUT2D eigenvalue weighted by atomic mass is 35.5. The number of likely N-dealkylation sites (N-methyl/N-ethyl adjacent to an activating group) is 1. The van der Waals surface area contributed by atoms with E-state index < -0.39 is 0 Å². The minimum absolute atomic E-state index is 0.189. The van der Waals surface area contributed by atoms with Crippen molar-refractivity contribution in [1.29, 1.82) is 0 Å². The summed E-state index contributed by atoms with van der Waals surface area (Å²) in [5.74, 6) is 0.924. The molecule has 0 atom stereocenters.